The van der Waals surface area contributed by atoms with E-state index in [0.717, 1.165) is 65.4 Å². The number of hydrogen-bond acceptors (Lipinski definition) is 5. The fourth-order valence-electron chi connectivity index (χ4n) is 4.12. The molecular weight excluding hydrogens is 400 g/mol. The van der Waals surface area contributed by atoms with Crippen molar-refractivity contribution in [1.82, 2.24) is 20.2 Å². The summed E-state index contributed by atoms with van der Waals surface area (Å²) in [5, 5.41) is 7.28. The number of nitrogens with one attached hydrogen (secondary N) is 1. The van der Waals surface area contributed by atoms with Crippen molar-refractivity contribution in [1.29, 1.82) is 0 Å². The van der Waals surface area contributed by atoms with Gasteiger partial charge in [0.2, 0.25) is 0 Å². The van der Waals surface area contributed by atoms with Crippen molar-refractivity contribution in [2.24, 2.45) is 5.92 Å². The summed E-state index contributed by atoms with van der Waals surface area (Å²) in [6, 6.07) is 17.6. The van der Waals surface area contributed by atoms with E-state index >= 15 is 0 Å². The Morgan fingerprint density at radius 3 is 2.53 bits per heavy atom. The predicted octanol–water partition coefficient (Wildman–Crippen LogP) is 5.20. The highest BCUT2D eigenvalue weighted by molar-refractivity contribution is 5.96. The molecule has 0 atom stereocenters. The summed E-state index contributed by atoms with van der Waals surface area (Å²) < 4.78 is 5.39. The minimum absolute atomic E-state index is 0.198. The first-order chi connectivity index (χ1) is 15.8. The van der Waals surface area contributed by atoms with Gasteiger partial charge in [-0.1, -0.05) is 30.3 Å². The second kappa shape index (κ2) is 9.24. The molecule has 1 N–H and O–H groups in total. The van der Waals surface area contributed by atoms with Crippen LogP contribution in [0.1, 0.15) is 29.6 Å². The maximum Gasteiger partial charge on any atom is 0.163 e. The van der Waals surface area contributed by atoms with Gasteiger partial charge >= 0.3 is 0 Å². The average Bonchev–Trinajstić information content (AvgIpc) is 3.36. The molecule has 0 unspecified atom stereocenters. The molecule has 0 aliphatic carbocycles. The number of aromatic nitrogens is 4. The van der Waals surface area contributed by atoms with Crippen LogP contribution in [-0.4, -0.2) is 39.2 Å². The quantitative estimate of drug-likeness (QED) is 0.430. The first-order valence-electron chi connectivity index (χ1n) is 10.9. The number of aromatic amines is 1. The number of pyridine rings is 2. The summed E-state index contributed by atoms with van der Waals surface area (Å²) in [6.07, 6.45) is 7.89. The van der Waals surface area contributed by atoms with Crippen molar-refractivity contribution < 1.29 is 9.53 Å². The van der Waals surface area contributed by atoms with Crippen LogP contribution >= 0.6 is 0 Å². The zero-order valence-corrected chi connectivity index (χ0v) is 17.7. The van der Waals surface area contributed by atoms with Crippen LogP contribution in [0.4, 0.5) is 0 Å². The van der Waals surface area contributed by atoms with Crippen LogP contribution in [0.2, 0.25) is 0 Å². The minimum atomic E-state index is 0.198. The van der Waals surface area contributed by atoms with Crippen molar-refractivity contribution in [3.05, 3.63) is 78.8 Å². The van der Waals surface area contributed by atoms with Crippen LogP contribution in [0.25, 0.3) is 33.8 Å². The third kappa shape index (κ3) is 4.36. The summed E-state index contributed by atoms with van der Waals surface area (Å²) in [4.78, 5) is 21.6. The summed E-state index contributed by atoms with van der Waals surface area (Å²) >= 11 is 0. The molecule has 32 heavy (non-hydrogen) atoms. The summed E-state index contributed by atoms with van der Waals surface area (Å²) in [5.41, 5.74) is 6.25. The van der Waals surface area contributed by atoms with Crippen LogP contribution in [-0.2, 0) is 4.74 Å². The number of nitrogens with zero attached hydrogens (tertiary/aromatic N) is 3. The van der Waals surface area contributed by atoms with Gasteiger partial charge in [-0.3, -0.25) is 19.9 Å². The molecule has 0 radical (unpaired) electrons. The number of rotatable bonds is 6. The Hall–Kier alpha value is -3.64. The van der Waals surface area contributed by atoms with E-state index in [2.05, 4.69) is 20.2 Å². The lowest BCUT2D eigenvalue weighted by atomic mass is 9.91. The lowest BCUT2D eigenvalue weighted by Gasteiger charge is -2.21. The van der Waals surface area contributed by atoms with Crippen molar-refractivity contribution >= 4 is 5.78 Å². The van der Waals surface area contributed by atoms with Gasteiger partial charge in [0.25, 0.3) is 0 Å². The molecule has 1 aromatic carbocycles. The molecule has 0 saturated carbocycles. The lowest BCUT2D eigenvalue weighted by molar-refractivity contribution is 0.0601. The van der Waals surface area contributed by atoms with E-state index < -0.39 is 0 Å². The van der Waals surface area contributed by atoms with Crippen molar-refractivity contribution in [3.63, 3.8) is 0 Å². The monoisotopic (exact) mass is 424 g/mol. The molecule has 6 nitrogen and oxygen atoms in total. The predicted molar refractivity (Wildman–Crippen MR) is 123 cm³/mol. The molecule has 1 fully saturated rings. The average molecular weight is 425 g/mol. The molecule has 0 amide bonds. The number of hydrogen-bond donors (Lipinski definition) is 1. The number of ether oxygens (including phenoxy) is 1. The van der Waals surface area contributed by atoms with Gasteiger partial charge < -0.3 is 4.74 Å². The summed E-state index contributed by atoms with van der Waals surface area (Å²) in [5.74, 6) is 0.626. The smallest absolute Gasteiger partial charge is 0.163 e. The number of benzene rings is 1. The highest BCUT2D eigenvalue weighted by atomic mass is 16.5. The van der Waals surface area contributed by atoms with E-state index in [9.17, 15) is 4.79 Å². The number of carbonyl (C=O) groups excluding carboxylic acids is 1. The maximum atomic E-state index is 12.7. The molecule has 5 rings (SSSR count). The van der Waals surface area contributed by atoms with Gasteiger partial charge in [-0.05, 0) is 48.6 Å². The second-order valence-electron chi connectivity index (χ2n) is 8.06. The Bertz CT molecular complexity index is 1200. The highest BCUT2D eigenvalue weighted by Gasteiger charge is 2.18. The van der Waals surface area contributed by atoms with Crippen LogP contribution in [0, 0.1) is 5.92 Å². The van der Waals surface area contributed by atoms with Gasteiger partial charge in [0.1, 0.15) is 0 Å². The summed E-state index contributed by atoms with van der Waals surface area (Å²) in [6.45, 7) is 1.52. The molecule has 3 aromatic heterocycles. The van der Waals surface area contributed by atoms with Crippen molar-refractivity contribution in [2.75, 3.05) is 13.2 Å². The zero-order chi connectivity index (χ0) is 21.8. The fourth-order valence-corrected chi connectivity index (χ4v) is 4.12. The Kier molecular flexibility index (Phi) is 5.85. The van der Waals surface area contributed by atoms with E-state index in [-0.39, 0.29) is 5.78 Å². The van der Waals surface area contributed by atoms with Crippen molar-refractivity contribution in [3.8, 4) is 33.8 Å². The largest absolute Gasteiger partial charge is 0.381 e. The number of carbonyl (C=O) groups is 1. The third-order valence-corrected chi connectivity index (χ3v) is 5.95. The van der Waals surface area contributed by atoms with E-state index in [1.54, 1.807) is 18.6 Å². The van der Waals surface area contributed by atoms with E-state index in [0.29, 0.717) is 12.3 Å². The molecule has 4 heterocycles. The number of H-pyrrole nitrogens is 1. The molecule has 1 aliphatic heterocycles. The molecule has 1 aliphatic rings. The van der Waals surface area contributed by atoms with E-state index in [4.69, 9.17) is 4.74 Å². The first-order valence-corrected chi connectivity index (χ1v) is 10.9. The van der Waals surface area contributed by atoms with Gasteiger partial charge in [0, 0.05) is 48.7 Å². The normalized spacial score (nSPS) is 14.4. The Balaban J connectivity index is 1.36. The molecule has 1 saturated heterocycles. The van der Waals surface area contributed by atoms with Gasteiger partial charge in [-0.2, -0.15) is 5.10 Å². The molecular formula is C26H24N4O2. The molecule has 4 aromatic rings. The topological polar surface area (TPSA) is 80.8 Å². The standard InChI is InChI=1S/C26H24N4O2/c31-25(15-18-9-13-32-14-10-18)20-6-4-19(5-7-20)24-16-21(8-12-28-24)22-17-29-30-26(22)23-3-1-2-11-27-23/h1-8,11-12,16-18H,9-10,13-15H2,(H,29,30). The molecule has 0 bridgehead atoms. The summed E-state index contributed by atoms with van der Waals surface area (Å²) in [7, 11) is 0. The number of Topliss-reactive ketones (excluding diaryl/α,β-unsaturated/α-hetero) is 1. The molecule has 160 valence electrons. The first kappa shape index (κ1) is 20.3. The van der Waals surface area contributed by atoms with Gasteiger partial charge in [-0.25, -0.2) is 0 Å². The molecule has 6 heteroatoms. The van der Waals surface area contributed by atoms with Gasteiger partial charge in [0.05, 0.1) is 23.3 Å². The zero-order valence-electron chi connectivity index (χ0n) is 17.7. The van der Waals surface area contributed by atoms with Crippen LogP contribution in [0.5, 0.6) is 0 Å². The Morgan fingerprint density at radius 1 is 0.938 bits per heavy atom. The Morgan fingerprint density at radius 2 is 1.75 bits per heavy atom. The fraction of sp³-hybridized carbons (Fsp3) is 0.231. The Labute approximate surface area is 186 Å². The SMILES string of the molecule is O=C(CC1CCOCC1)c1ccc(-c2cc(-c3cn[nH]c3-c3ccccn3)ccn2)cc1. The van der Waals surface area contributed by atoms with Crippen LogP contribution in [0.15, 0.2) is 73.2 Å². The van der Waals surface area contributed by atoms with Crippen molar-refractivity contribution in [2.45, 2.75) is 19.3 Å². The lowest BCUT2D eigenvalue weighted by Crippen LogP contribution is -2.18. The maximum absolute atomic E-state index is 12.7. The third-order valence-electron chi connectivity index (χ3n) is 5.95. The van der Waals surface area contributed by atoms with Gasteiger partial charge in [-0.15, -0.1) is 0 Å². The minimum Gasteiger partial charge on any atom is -0.381 e. The molecule has 0 spiro atoms. The number of ketones is 1. The second-order valence-corrected chi connectivity index (χ2v) is 8.06. The highest BCUT2D eigenvalue weighted by Crippen LogP contribution is 2.31. The van der Waals surface area contributed by atoms with E-state index in [1.165, 1.54) is 0 Å². The van der Waals surface area contributed by atoms with Crippen LogP contribution < -0.4 is 0 Å². The van der Waals surface area contributed by atoms with Crippen LogP contribution in [0.3, 0.4) is 0 Å². The van der Waals surface area contributed by atoms with E-state index in [1.807, 2.05) is 54.6 Å². The van der Waals surface area contributed by atoms with Gasteiger partial charge in [0.15, 0.2) is 5.78 Å².